The van der Waals surface area contributed by atoms with E-state index in [4.69, 9.17) is 23.2 Å². The number of benzene rings is 2. The zero-order chi connectivity index (χ0) is 26.8. The highest BCUT2D eigenvalue weighted by Crippen LogP contribution is 2.52. The fourth-order valence-electron chi connectivity index (χ4n) is 5.28. The van der Waals surface area contributed by atoms with Gasteiger partial charge in [-0.1, -0.05) is 74.3 Å². The molecule has 1 amide bonds. The maximum absolute atomic E-state index is 14.4. The summed E-state index contributed by atoms with van der Waals surface area (Å²) < 4.78 is 26.4. The molecule has 1 fully saturated rings. The van der Waals surface area contributed by atoms with Crippen molar-refractivity contribution in [2.45, 2.75) is 70.7 Å². The molecule has 0 radical (unpaired) electrons. The maximum Gasteiger partial charge on any atom is 0.229 e. The van der Waals surface area contributed by atoms with Crippen molar-refractivity contribution in [3.63, 3.8) is 0 Å². The number of rotatable bonds is 9. The quantitative estimate of drug-likeness (QED) is 0.304. The van der Waals surface area contributed by atoms with Gasteiger partial charge in [-0.25, -0.2) is 8.42 Å². The number of hydrogen-bond donors (Lipinski definition) is 0. The molecule has 4 atom stereocenters. The molecule has 0 saturated carbocycles. The number of carbonyl (C=O) groups is 1. The van der Waals surface area contributed by atoms with Crippen molar-refractivity contribution < 1.29 is 13.2 Å². The van der Waals surface area contributed by atoms with E-state index in [0.717, 1.165) is 11.1 Å². The highest BCUT2D eigenvalue weighted by molar-refractivity contribution is 7.92. The van der Waals surface area contributed by atoms with Crippen molar-refractivity contribution in [1.82, 2.24) is 4.90 Å². The highest BCUT2D eigenvalue weighted by Gasteiger charge is 2.52. The molecule has 0 bridgehead atoms. The summed E-state index contributed by atoms with van der Waals surface area (Å²) >= 11 is 12.6. The van der Waals surface area contributed by atoms with Crippen LogP contribution in [0.3, 0.4) is 0 Å². The molecule has 0 unspecified atom stereocenters. The second-order valence-corrected chi connectivity index (χ2v) is 14.3. The first-order valence-electron chi connectivity index (χ1n) is 12.5. The topological polar surface area (TPSA) is 54.5 Å². The van der Waals surface area contributed by atoms with E-state index in [9.17, 15) is 13.2 Å². The van der Waals surface area contributed by atoms with Crippen LogP contribution < -0.4 is 0 Å². The van der Waals surface area contributed by atoms with Crippen molar-refractivity contribution in [1.29, 1.82) is 0 Å². The number of likely N-dealkylation sites (tertiary alicyclic amines) is 1. The van der Waals surface area contributed by atoms with E-state index in [0.29, 0.717) is 22.9 Å². The Balaban J connectivity index is 2.29. The fourth-order valence-corrected chi connectivity index (χ4v) is 7.01. The molecule has 3 rings (SSSR count). The Morgan fingerprint density at radius 3 is 2.22 bits per heavy atom. The van der Waals surface area contributed by atoms with Crippen LogP contribution in [0.15, 0.2) is 61.2 Å². The van der Waals surface area contributed by atoms with Crippen LogP contribution in [0, 0.1) is 11.3 Å². The SMILES string of the molecule is C=CC[C@]1(C)C[C@@H](c2cccc(Cl)c2)[C@H](c2ccc(Cl)cc2)N([C@H](CS(=O)(=O)C(C)C)C(C)C)C1=O. The van der Waals surface area contributed by atoms with Crippen molar-refractivity contribution in [3.8, 4) is 0 Å². The molecule has 7 heteroatoms. The Bertz CT molecular complexity index is 1190. The number of allylic oxidation sites excluding steroid dienone is 1. The van der Waals surface area contributed by atoms with Gasteiger partial charge >= 0.3 is 0 Å². The molecule has 1 heterocycles. The molecule has 0 N–H and O–H groups in total. The largest absolute Gasteiger partial charge is 0.330 e. The number of amides is 1. The van der Waals surface area contributed by atoms with Crippen molar-refractivity contribution in [3.05, 3.63) is 82.4 Å². The van der Waals surface area contributed by atoms with Gasteiger partial charge in [0.15, 0.2) is 9.84 Å². The molecule has 0 aromatic heterocycles. The van der Waals surface area contributed by atoms with Gasteiger partial charge in [-0.05, 0) is 68.0 Å². The first kappa shape index (κ1) is 28.7. The van der Waals surface area contributed by atoms with Gasteiger partial charge in [-0.2, -0.15) is 0 Å². The smallest absolute Gasteiger partial charge is 0.229 e. The molecule has 1 aliphatic rings. The van der Waals surface area contributed by atoms with Gasteiger partial charge < -0.3 is 4.90 Å². The average Bonchev–Trinajstić information content (AvgIpc) is 2.80. The van der Waals surface area contributed by atoms with Crippen molar-refractivity contribution >= 4 is 38.9 Å². The summed E-state index contributed by atoms with van der Waals surface area (Å²) in [5.74, 6) is -0.317. The first-order valence-corrected chi connectivity index (χ1v) is 14.9. The lowest BCUT2D eigenvalue weighted by Crippen LogP contribution is -2.58. The third kappa shape index (κ3) is 6.00. The molecule has 0 spiro atoms. The minimum Gasteiger partial charge on any atom is -0.330 e. The monoisotopic (exact) mass is 549 g/mol. The van der Waals surface area contributed by atoms with Crippen molar-refractivity contribution in [2.75, 3.05) is 5.75 Å². The number of halogens is 2. The first-order chi connectivity index (χ1) is 16.8. The predicted octanol–water partition coefficient (Wildman–Crippen LogP) is 7.48. The van der Waals surface area contributed by atoms with E-state index in [1.807, 2.05) is 74.2 Å². The van der Waals surface area contributed by atoms with Crippen LogP contribution in [0.25, 0.3) is 0 Å². The molecular weight excluding hydrogens is 513 g/mol. The third-order valence-corrected chi connectivity index (χ3v) is 10.2. The lowest BCUT2D eigenvalue weighted by Gasteiger charge is -2.53. The number of sulfone groups is 1. The Hall–Kier alpha value is -1.82. The van der Waals surface area contributed by atoms with Gasteiger partial charge in [0, 0.05) is 22.0 Å². The molecule has 2 aromatic carbocycles. The van der Waals surface area contributed by atoms with Crippen LogP contribution >= 0.6 is 23.2 Å². The molecule has 1 saturated heterocycles. The molecule has 1 aliphatic heterocycles. The lowest BCUT2D eigenvalue weighted by atomic mass is 9.67. The maximum atomic E-state index is 14.4. The second-order valence-electron chi connectivity index (χ2n) is 10.8. The third-order valence-electron chi connectivity index (χ3n) is 7.43. The number of piperidine rings is 1. The summed E-state index contributed by atoms with van der Waals surface area (Å²) in [4.78, 5) is 16.2. The van der Waals surface area contributed by atoms with Crippen LogP contribution in [-0.2, 0) is 14.6 Å². The van der Waals surface area contributed by atoms with Gasteiger partial charge in [0.25, 0.3) is 0 Å². The number of hydrogen-bond acceptors (Lipinski definition) is 3. The van der Waals surface area contributed by atoms with Gasteiger partial charge in [-0.3, -0.25) is 4.79 Å². The van der Waals surface area contributed by atoms with E-state index in [-0.39, 0.29) is 29.5 Å². The van der Waals surface area contributed by atoms with E-state index < -0.39 is 26.5 Å². The summed E-state index contributed by atoms with van der Waals surface area (Å²) in [7, 11) is -3.42. The Kier molecular flexibility index (Phi) is 9.01. The zero-order valence-electron chi connectivity index (χ0n) is 21.7. The summed E-state index contributed by atoms with van der Waals surface area (Å²) in [5, 5.41) is 0.695. The average molecular weight is 551 g/mol. The standard InChI is InChI=1S/C29H37Cl2NO3S/c1-7-15-29(6)17-25(22-9-8-10-24(31)16-22)27(21-11-13-23(30)14-12-21)32(28(29)33)26(19(2)3)18-36(34,35)20(4)5/h7-14,16,19-20,25-27H,1,15,17-18H2,2-6H3/t25-,26+,27-,29+/m0/s1. The van der Waals surface area contributed by atoms with Gasteiger partial charge in [-0.15, -0.1) is 6.58 Å². The Labute approximate surface area is 226 Å². The second kappa shape index (κ2) is 11.3. The van der Waals surface area contributed by atoms with E-state index >= 15 is 0 Å². The minimum atomic E-state index is -3.42. The predicted molar refractivity (Wildman–Crippen MR) is 150 cm³/mol. The summed E-state index contributed by atoms with van der Waals surface area (Å²) in [6.07, 6.45) is 2.86. The minimum absolute atomic E-state index is 0.0433. The van der Waals surface area contributed by atoms with Crippen LogP contribution in [0.5, 0.6) is 0 Å². The van der Waals surface area contributed by atoms with Gasteiger partial charge in [0.2, 0.25) is 5.91 Å². The van der Waals surface area contributed by atoms with Gasteiger partial charge in [0.1, 0.15) is 0 Å². The molecule has 4 nitrogen and oxygen atoms in total. The summed E-state index contributed by atoms with van der Waals surface area (Å²) in [5.41, 5.74) is 1.21. The van der Waals surface area contributed by atoms with Crippen LogP contribution in [-0.4, -0.2) is 36.3 Å². The number of carbonyl (C=O) groups excluding carboxylic acids is 1. The summed E-state index contributed by atoms with van der Waals surface area (Å²) in [6, 6.07) is 14.4. The molecule has 196 valence electrons. The molecular formula is C29H37Cl2NO3S. The Morgan fingerprint density at radius 2 is 1.69 bits per heavy atom. The zero-order valence-corrected chi connectivity index (χ0v) is 24.1. The molecule has 0 aliphatic carbocycles. The van der Waals surface area contributed by atoms with E-state index in [1.165, 1.54) is 0 Å². The van der Waals surface area contributed by atoms with Crippen LogP contribution in [0.1, 0.15) is 70.5 Å². The fraction of sp³-hybridized carbons (Fsp3) is 0.483. The van der Waals surface area contributed by atoms with Crippen LogP contribution in [0.4, 0.5) is 0 Å². The molecule has 2 aromatic rings. The number of nitrogens with zero attached hydrogens (tertiary/aromatic N) is 1. The van der Waals surface area contributed by atoms with Crippen molar-refractivity contribution in [2.24, 2.45) is 11.3 Å². The molecule has 36 heavy (non-hydrogen) atoms. The summed E-state index contributed by atoms with van der Waals surface area (Å²) in [6.45, 7) is 13.2. The Morgan fingerprint density at radius 1 is 1.06 bits per heavy atom. The van der Waals surface area contributed by atoms with E-state index in [2.05, 4.69) is 6.58 Å². The lowest BCUT2D eigenvalue weighted by molar-refractivity contribution is -0.155. The normalized spacial score (nSPS) is 23.8. The van der Waals surface area contributed by atoms with Crippen LogP contribution in [0.2, 0.25) is 10.0 Å². The highest BCUT2D eigenvalue weighted by atomic mass is 35.5. The van der Waals surface area contributed by atoms with E-state index in [1.54, 1.807) is 19.9 Å². The van der Waals surface area contributed by atoms with Gasteiger partial charge in [0.05, 0.1) is 22.5 Å².